The molecule has 2 heterocycles. The fraction of sp³-hybridized carbons (Fsp3) is 1.00. The lowest BCUT2D eigenvalue weighted by Crippen LogP contribution is -2.60. The van der Waals surface area contributed by atoms with Crippen LogP contribution in [0.2, 0.25) is 0 Å². The molecular weight excluding hydrogens is 258 g/mol. The van der Waals surface area contributed by atoms with Crippen LogP contribution in [-0.4, -0.2) is 72.1 Å². The molecule has 0 aliphatic carbocycles. The number of nitrogens with zero attached hydrogens (tertiary/aromatic N) is 3. The first kappa shape index (κ1) is 17.2. The van der Waals surface area contributed by atoms with E-state index in [-0.39, 0.29) is 0 Å². The highest BCUT2D eigenvalue weighted by atomic mass is 15.3. The van der Waals surface area contributed by atoms with Gasteiger partial charge >= 0.3 is 0 Å². The minimum absolute atomic E-state index is 0.335. The first-order valence-corrected chi connectivity index (χ1v) is 8.97. The largest absolute Gasteiger partial charge is 0.301 e. The maximum absolute atomic E-state index is 2.73. The number of piperazine rings is 1. The van der Waals surface area contributed by atoms with E-state index in [2.05, 4.69) is 56.2 Å². The molecule has 2 fully saturated rings. The highest BCUT2D eigenvalue weighted by Gasteiger charge is 2.37. The van der Waals surface area contributed by atoms with Crippen LogP contribution in [0.4, 0.5) is 0 Å². The summed E-state index contributed by atoms with van der Waals surface area (Å²) in [6.07, 6.45) is 2.72. The number of likely N-dealkylation sites (N-methyl/N-ethyl adjacent to an activating group) is 1. The summed E-state index contributed by atoms with van der Waals surface area (Å²) in [5.74, 6) is 0. The van der Waals surface area contributed by atoms with Crippen LogP contribution in [0.5, 0.6) is 0 Å². The molecule has 21 heavy (non-hydrogen) atoms. The van der Waals surface area contributed by atoms with Gasteiger partial charge in [-0.15, -0.1) is 0 Å². The predicted octanol–water partition coefficient (Wildman–Crippen LogP) is 2.91. The van der Waals surface area contributed by atoms with Gasteiger partial charge in [-0.3, -0.25) is 9.80 Å². The molecule has 0 unspecified atom stereocenters. The third-order valence-electron chi connectivity index (χ3n) is 5.88. The molecule has 2 rings (SSSR count). The Morgan fingerprint density at radius 3 is 2.05 bits per heavy atom. The van der Waals surface area contributed by atoms with Gasteiger partial charge in [0, 0.05) is 37.8 Å². The van der Waals surface area contributed by atoms with Crippen molar-refractivity contribution in [1.29, 1.82) is 0 Å². The van der Waals surface area contributed by atoms with Crippen molar-refractivity contribution >= 4 is 0 Å². The topological polar surface area (TPSA) is 9.72 Å². The summed E-state index contributed by atoms with van der Waals surface area (Å²) in [5.41, 5.74) is 0.859. The van der Waals surface area contributed by atoms with Crippen LogP contribution in [-0.2, 0) is 0 Å². The average Bonchev–Trinajstić information content (AvgIpc) is 2.37. The third kappa shape index (κ3) is 4.20. The van der Waals surface area contributed by atoms with E-state index in [0.29, 0.717) is 17.0 Å². The Morgan fingerprint density at radius 1 is 0.952 bits per heavy atom. The number of likely N-dealkylation sites (tertiary alicyclic amines) is 1. The first-order valence-electron chi connectivity index (χ1n) is 8.97. The summed E-state index contributed by atoms with van der Waals surface area (Å²) in [7, 11) is 0. The SMILES string of the molecule is CCN1CCN(CC2(C)CCN(C(C)C)CC2)CC1(C)C. The zero-order valence-corrected chi connectivity index (χ0v) is 15.3. The van der Waals surface area contributed by atoms with Crippen LogP contribution in [0, 0.1) is 5.41 Å². The quantitative estimate of drug-likeness (QED) is 0.789. The minimum atomic E-state index is 0.335. The van der Waals surface area contributed by atoms with Crippen molar-refractivity contribution in [3.63, 3.8) is 0 Å². The summed E-state index contributed by atoms with van der Waals surface area (Å²) in [6.45, 7) is 23.0. The Bertz CT molecular complexity index is 329. The fourth-order valence-corrected chi connectivity index (χ4v) is 4.29. The molecule has 0 aromatic rings. The Kier molecular flexibility index (Phi) is 5.38. The molecule has 0 amide bonds. The molecule has 2 aliphatic rings. The molecule has 2 saturated heterocycles. The fourth-order valence-electron chi connectivity index (χ4n) is 4.29. The number of hydrogen-bond donors (Lipinski definition) is 0. The highest BCUT2D eigenvalue weighted by molar-refractivity contribution is 4.93. The molecule has 124 valence electrons. The van der Waals surface area contributed by atoms with E-state index >= 15 is 0 Å². The van der Waals surface area contributed by atoms with E-state index in [1.54, 1.807) is 0 Å². The molecule has 2 aliphatic heterocycles. The Balaban J connectivity index is 1.88. The molecule has 0 atom stereocenters. The van der Waals surface area contributed by atoms with Crippen LogP contribution in [0.15, 0.2) is 0 Å². The molecule has 0 saturated carbocycles. The summed E-state index contributed by atoms with van der Waals surface area (Å²) < 4.78 is 0. The predicted molar refractivity (Wildman–Crippen MR) is 91.8 cm³/mol. The standard InChI is InChI=1S/C18H37N3/c1-7-21-13-12-19(14-17(21,4)5)15-18(6)8-10-20(11-9-18)16(2)3/h16H,7-15H2,1-6H3. The van der Waals surface area contributed by atoms with Gasteiger partial charge in [-0.25, -0.2) is 0 Å². The maximum atomic E-state index is 2.73. The summed E-state index contributed by atoms with van der Waals surface area (Å²) in [6, 6.07) is 0.710. The van der Waals surface area contributed by atoms with Crippen LogP contribution in [0.25, 0.3) is 0 Å². The van der Waals surface area contributed by atoms with Crippen molar-refractivity contribution in [2.24, 2.45) is 5.41 Å². The normalized spacial score (nSPS) is 28.1. The van der Waals surface area contributed by atoms with Crippen molar-refractivity contribution in [2.75, 3.05) is 45.8 Å². The lowest BCUT2D eigenvalue weighted by atomic mass is 9.79. The number of hydrogen-bond acceptors (Lipinski definition) is 3. The summed E-state index contributed by atoms with van der Waals surface area (Å²) >= 11 is 0. The van der Waals surface area contributed by atoms with Gasteiger partial charge in [0.1, 0.15) is 0 Å². The Labute approximate surface area is 132 Å². The third-order valence-corrected chi connectivity index (χ3v) is 5.88. The van der Waals surface area contributed by atoms with Gasteiger partial charge in [-0.2, -0.15) is 0 Å². The second-order valence-corrected chi connectivity index (χ2v) is 8.54. The molecule has 0 radical (unpaired) electrons. The van der Waals surface area contributed by atoms with Crippen molar-refractivity contribution in [3.05, 3.63) is 0 Å². The number of rotatable bonds is 4. The zero-order chi connectivity index (χ0) is 15.7. The highest BCUT2D eigenvalue weighted by Crippen LogP contribution is 2.34. The molecular formula is C18H37N3. The second-order valence-electron chi connectivity index (χ2n) is 8.54. The van der Waals surface area contributed by atoms with Crippen LogP contribution >= 0.6 is 0 Å². The summed E-state index contributed by atoms with van der Waals surface area (Å²) in [5, 5.41) is 0. The summed E-state index contributed by atoms with van der Waals surface area (Å²) in [4.78, 5) is 8.01. The molecule has 0 aromatic carbocycles. The van der Waals surface area contributed by atoms with Crippen molar-refractivity contribution < 1.29 is 0 Å². The molecule has 0 aromatic heterocycles. The van der Waals surface area contributed by atoms with Gasteiger partial charge in [0.05, 0.1) is 0 Å². The first-order chi connectivity index (χ1) is 9.76. The second kappa shape index (κ2) is 6.55. The van der Waals surface area contributed by atoms with Gasteiger partial charge in [0.25, 0.3) is 0 Å². The molecule has 3 nitrogen and oxygen atoms in total. The Hall–Kier alpha value is -0.120. The molecule has 0 spiro atoms. The molecule has 3 heteroatoms. The molecule has 0 N–H and O–H groups in total. The van der Waals surface area contributed by atoms with Crippen molar-refractivity contribution in [1.82, 2.24) is 14.7 Å². The van der Waals surface area contributed by atoms with Crippen LogP contribution in [0.3, 0.4) is 0 Å². The van der Waals surface area contributed by atoms with Crippen molar-refractivity contribution in [2.45, 2.75) is 66.0 Å². The van der Waals surface area contributed by atoms with E-state index < -0.39 is 0 Å². The van der Waals surface area contributed by atoms with Crippen molar-refractivity contribution in [3.8, 4) is 0 Å². The molecule has 0 bridgehead atoms. The lowest BCUT2D eigenvalue weighted by Gasteiger charge is -2.50. The smallest absolute Gasteiger partial charge is 0.0280 e. The average molecular weight is 296 g/mol. The van der Waals surface area contributed by atoms with E-state index in [4.69, 9.17) is 0 Å². The van der Waals surface area contributed by atoms with Gasteiger partial charge in [-0.05, 0) is 65.6 Å². The Morgan fingerprint density at radius 2 is 1.57 bits per heavy atom. The van der Waals surface area contributed by atoms with E-state index in [1.807, 2.05) is 0 Å². The van der Waals surface area contributed by atoms with Gasteiger partial charge in [-0.1, -0.05) is 13.8 Å². The van der Waals surface area contributed by atoms with Crippen LogP contribution in [0.1, 0.15) is 54.4 Å². The van der Waals surface area contributed by atoms with E-state index in [0.717, 1.165) is 0 Å². The van der Waals surface area contributed by atoms with Crippen LogP contribution < -0.4 is 0 Å². The minimum Gasteiger partial charge on any atom is -0.301 e. The van der Waals surface area contributed by atoms with Gasteiger partial charge in [0.15, 0.2) is 0 Å². The maximum Gasteiger partial charge on any atom is 0.0280 e. The monoisotopic (exact) mass is 295 g/mol. The van der Waals surface area contributed by atoms with E-state index in [9.17, 15) is 0 Å². The van der Waals surface area contributed by atoms with Gasteiger partial charge in [0.2, 0.25) is 0 Å². The van der Waals surface area contributed by atoms with Gasteiger partial charge < -0.3 is 4.90 Å². The van der Waals surface area contributed by atoms with E-state index in [1.165, 1.54) is 58.7 Å². The number of piperidine rings is 1. The zero-order valence-electron chi connectivity index (χ0n) is 15.3. The lowest BCUT2D eigenvalue weighted by molar-refractivity contribution is -0.00939.